The van der Waals surface area contributed by atoms with E-state index >= 15 is 0 Å². The molecule has 0 aliphatic carbocycles. The highest BCUT2D eigenvalue weighted by Gasteiger charge is 2.24. The van der Waals surface area contributed by atoms with Crippen molar-refractivity contribution in [3.05, 3.63) is 40.5 Å². The van der Waals surface area contributed by atoms with Crippen LogP contribution in [0.15, 0.2) is 30.5 Å². The molecule has 3 aromatic rings. The van der Waals surface area contributed by atoms with Crippen LogP contribution in [0, 0.1) is 11.3 Å². The van der Waals surface area contributed by atoms with Crippen molar-refractivity contribution in [3.63, 3.8) is 0 Å². The molecule has 1 aliphatic rings. The predicted molar refractivity (Wildman–Crippen MR) is 118 cm³/mol. The maximum absolute atomic E-state index is 9.01. The van der Waals surface area contributed by atoms with Crippen molar-refractivity contribution in [1.82, 2.24) is 15.3 Å². The topological polar surface area (TPSA) is 92.1 Å². The zero-order valence-electron chi connectivity index (χ0n) is 16.4. The molecule has 1 saturated heterocycles. The smallest absolute Gasteiger partial charge is 0.223 e. The van der Waals surface area contributed by atoms with E-state index < -0.39 is 0 Å². The normalized spacial score (nSPS) is 18.2. The molecule has 1 fully saturated rings. The van der Waals surface area contributed by atoms with Crippen LogP contribution in [0.25, 0.3) is 22.0 Å². The lowest BCUT2D eigenvalue weighted by Gasteiger charge is -2.15. The van der Waals surface area contributed by atoms with Crippen molar-refractivity contribution < 1.29 is 9.47 Å². The Morgan fingerprint density at radius 1 is 1.17 bits per heavy atom. The zero-order valence-corrected chi connectivity index (χ0v) is 17.9. The largest absolute Gasteiger partial charge is 0.495 e. The molecular formula is C21H19Cl2N5O2. The van der Waals surface area contributed by atoms with E-state index in [-0.39, 0.29) is 12.1 Å². The maximum atomic E-state index is 9.01. The van der Waals surface area contributed by atoms with E-state index in [2.05, 4.69) is 26.7 Å². The molecule has 1 aromatic heterocycles. The number of benzene rings is 2. The summed E-state index contributed by atoms with van der Waals surface area (Å²) in [6.45, 7) is 0.702. The summed E-state index contributed by atoms with van der Waals surface area (Å²) in [5, 5.41) is 17.1. The number of aromatic nitrogens is 2. The number of anilines is 1. The third-order valence-corrected chi connectivity index (χ3v) is 5.81. The number of fused-ring (bicyclic) bond motifs is 1. The summed E-state index contributed by atoms with van der Waals surface area (Å²) in [6.07, 6.45) is 2.46. The lowest BCUT2D eigenvalue weighted by Crippen LogP contribution is -2.23. The highest BCUT2D eigenvalue weighted by atomic mass is 35.5. The number of rotatable bonds is 5. The fourth-order valence-corrected chi connectivity index (χ4v) is 4.24. The maximum Gasteiger partial charge on any atom is 0.223 e. The third kappa shape index (κ3) is 3.82. The quantitative estimate of drug-likeness (QED) is 0.607. The minimum absolute atomic E-state index is 0.119. The van der Waals surface area contributed by atoms with Crippen LogP contribution in [0.2, 0.25) is 10.0 Å². The van der Waals surface area contributed by atoms with Gasteiger partial charge in [0.25, 0.3) is 0 Å². The first-order chi connectivity index (χ1) is 14.5. The van der Waals surface area contributed by atoms with Crippen molar-refractivity contribution in [2.45, 2.75) is 18.5 Å². The van der Waals surface area contributed by atoms with Gasteiger partial charge in [0.05, 0.1) is 41.9 Å². The number of nitrogens with one attached hydrogen (secondary N) is 2. The van der Waals surface area contributed by atoms with Gasteiger partial charge in [-0.05, 0) is 24.1 Å². The van der Waals surface area contributed by atoms with Crippen molar-refractivity contribution in [1.29, 1.82) is 5.26 Å². The van der Waals surface area contributed by atoms with Gasteiger partial charge in [0.2, 0.25) is 5.95 Å². The molecule has 4 rings (SSSR count). The number of nitrogens with zero attached hydrogens (tertiary/aromatic N) is 3. The predicted octanol–water partition coefficient (Wildman–Crippen LogP) is 4.29. The van der Waals surface area contributed by atoms with Crippen molar-refractivity contribution in [3.8, 4) is 28.7 Å². The van der Waals surface area contributed by atoms with Gasteiger partial charge in [0.15, 0.2) is 0 Å². The van der Waals surface area contributed by atoms with Gasteiger partial charge in [-0.3, -0.25) is 5.32 Å². The van der Waals surface area contributed by atoms with E-state index in [9.17, 15) is 0 Å². The molecule has 1 aliphatic heterocycles. The number of methoxy groups -OCH3 is 2. The highest BCUT2D eigenvalue weighted by molar-refractivity contribution is 6.41. The number of ether oxygens (including phenoxy) is 2. The summed E-state index contributed by atoms with van der Waals surface area (Å²) in [4.78, 5) is 9.01. The van der Waals surface area contributed by atoms with E-state index in [1.807, 2.05) is 18.2 Å². The minimum atomic E-state index is -0.139. The minimum Gasteiger partial charge on any atom is -0.495 e. The van der Waals surface area contributed by atoms with Crippen molar-refractivity contribution in [2.24, 2.45) is 0 Å². The number of halogens is 2. The molecule has 0 radical (unpaired) electrons. The summed E-state index contributed by atoms with van der Waals surface area (Å²) in [5.41, 5.74) is 2.20. The Kier molecular flexibility index (Phi) is 5.82. The van der Waals surface area contributed by atoms with E-state index in [4.69, 9.17) is 37.9 Å². The van der Waals surface area contributed by atoms with Crippen LogP contribution < -0.4 is 20.1 Å². The van der Waals surface area contributed by atoms with Crippen LogP contribution in [0.5, 0.6) is 11.5 Å². The molecule has 7 nitrogen and oxygen atoms in total. The van der Waals surface area contributed by atoms with Crippen LogP contribution in [-0.2, 0) is 0 Å². The van der Waals surface area contributed by atoms with Gasteiger partial charge in [0, 0.05) is 35.8 Å². The third-order valence-electron chi connectivity index (χ3n) is 5.06. The molecular weight excluding hydrogens is 425 g/mol. The second kappa shape index (κ2) is 8.52. The number of nitriles is 1. The first-order valence-corrected chi connectivity index (χ1v) is 10.1. The van der Waals surface area contributed by atoms with Crippen molar-refractivity contribution >= 4 is 40.1 Å². The fourth-order valence-electron chi connectivity index (χ4n) is 3.52. The lowest BCUT2D eigenvalue weighted by molar-refractivity contribution is 0.395. The van der Waals surface area contributed by atoms with Gasteiger partial charge in [-0.2, -0.15) is 5.26 Å². The fraction of sp³-hybridized carbons (Fsp3) is 0.286. The van der Waals surface area contributed by atoms with Crippen LogP contribution in [0.3, 0.4) is 0 Å². The highest BCUT2D eigenvalue weighted by Crippen LogP contribution is 2.46. The molecule has 2 unspecified atom stereocenters. The summed E-state index contributed by atoms with van der Waals surface area (Å²) < 4.78 is 10.7. The Balaban J connectivity index is 1.68. The van der Waals surface area contributed by atoms with Crippen LogP contribution >= 0.6 is 23.2 Å². The summed E-state index contributed by atoms with van der Waals surface area (Å²) in [7, 11) is 3.08. The van der Waals surface area contributed by atoms with E-state index in [1.54, 1.807) is 26.5 Å². The Morgan fingerprint density at radius 2 is 1.90 bits per heavy atom. The standard InChI is InChI=1S/C21H19Cl2N5O2/c1-29-16-7-17(30-2)20(23)18(19(16)22)11-3-4-15-12(5-11)9-26-21(28-15)27-14-6-13(8-24)25-10-14/h3-5,7,9,13-14,25H,6,10H2,1-2H3,(H,26,27,28). The van der Waals surface area contributed by atoms with Gasteiger partial charge in [-0.1, -0.05) is 29.3 Å². The van der Waals surface area contributed by atoms with Crippen LogP contribution in [-0.4, -0.2) is 42.8 Å². The van der Waals surface area contributed by atoms with Crippen molar-refractivity contribution in [2.75, 3.05) is 26.1 Å². The molecule has 9 heteroatoms. The Hall–Kier alpha value is -2.79. The molecule has 0 amide bonds. The van der Waals surface area contributed by atoms with Gasteiger partial charge >= 0.3 is 0 Å². The molecule has 0 spiro atoms. The van der Waals surface area contributed by atoms with E-state index in [1.165, 1.54) is 0 Å². The molecule has 154 valence electrons. The molecule has 2 aromatic carbocycles. The Morgan fingerprint density at radius 3 is 2.53 bits per heavy atom. The average molecular weight is 444 g/mol. The SMILES string of the molecule is COc1cc(OC)c(Cl)c(-c2ccc3nc(NC4CNC(C#N)C4)ncc3c2)c1Cl. The Labute approximate surface area is 183 Å². The molecule has 2 heterocycles. The molecule has 0 bridgehead atoms. The van der Waals surface area contributed by atoms with Crippen LogP contribution in [0.4, 0.5) is 5.95 Å². The molecule has 2 atom stereocenters. The number of hydrogen-bond donors (Lipinski definition) is 2. The monoisotopic (exact) mass is 443 g/mol. The zero-order chi connectivity index (χ0) is 21.3. The van der Waals surface area contributed by atoms with Gasteiger partial charge in [-0.25, -0.2) is 9.97 Å². The summed E-state index contributed by atoms with van der Waals surface area (Å²) in [6, 6.07) is 9.57. The van der Waals surface area contributed by atoms with Crippen LogP contribution in [0.1, 0.15) is 6.42 Å². The Bertz CT molecular complexity index is 1120. The first kappa shape index (κ1) is 20.5. The van der Waals surface area contributed by atoms with Gasteiger partial charge in [-0.15, -0.1) is 0 Å². The van der Waals surface area contributed by atoms with E-state index in [0.29, 0.717) is 46.0 Å². The number of hydrogen-bond acceptors (Lipinski definition) is 7. The van der Waals surface area contributed by atoms with E-state index in [0.717, 1.165) is 16.5 Å². The molecule has 2 N–H and O–H groups in total. The molecule has 0 saturated carbocycles. The van der Waals surface area contributed by atoms with Gasteiger partial charge in [0.1, 0.15) is 11.5 Å². The second-order valence-electron chi connectivity index (χ2n) is 6.92. The lowest BCUT2D eigenvalue weighted by atomic mass is 10.0. The molecule has 30 heavy (non-hydrogen) atoms. The summed E-state index contributed by atoms with van der Waals surface area (Å²) in [5.74, 6) is 1.48. The first-order valence-electron chi connectivity index (χ1n) is 9.30. The average Bonchev–Trinajstić information content (AvgIpc) is 3.21. The summed E-state index contributed by atoms with van der Waals surface area (Å²) >= 11 is 13.1. The second-order valence-corrected chi connectivity index (χ2v) is 7.67. The van der Waals surface area contributed by atoms with Gasteiger partial charge < -0.3 is 14.8 Å².